The standard InChI is InChI=1S/C22H24N4O3/c1-28-20-7-3-2-6-17(20)18-13-19(26-25-18)22(27)24-21(15-8-11-29-12-9-15)16-5-4-10-23-14-16/h2-7,10,13-15,21H,8-9,11-12H2,1H3,(H,24,27)(H,25,26). The second-order valence-electron chi connectivity index (χ2n) is 7.05. The molecule has 29 heavy (non-hydrogen) atoms. The zero-order valence-electron chi connectivity index (χ0n) is 16.3. The number of benzene rings is 1. The summed E-state index contributed by atoms with van der Waals surface area (Å²) < 4.78 is 10.9. The van der Waals surface area contributed by atoms with Crippen LogP contribution in [0.5, 0.6) is 5.75 Å². The first-order valence-corrected chi connectivity index (χ1v) is 9.73. The smallest absolute Gasteiger partial charge is 0.269 e. The van der Waals surface area contributed by atoms with Crippen LogP contribution in [0.4, 0.5) is 0 Å². The number of hydrogen-bond acceptors (Lipinski definition) is 5. The Morgan fingerprint density at radius 1 is 1.24 bits per heavy atom. The first-order valence-electron chi connectivity index (χ1n) is 9.73. The normalized spacial score (nSPS) is 15.6. The number of carbonyl (C=O) groups is 1. The number of H-pyrrole nitrogens is 1. The quantitative estimate of drug-likeness (QED) is 0.671. The second kappa shape index (κ2) is 8.87. The van der Waals surface area contributed by atoms with Gasteiger partial charge in [-0.05, 0) is 48.6 Å². The van der Waals surface area contributed by atoms with Crippen LogP contribution in [-0.4, -0.2) is 41.4 Å². The molecule has 1 fully saturated rings. The number of carbonyl (C=O) groups excluding carboxylic acids is 1. The number of hydrogen-bond donors (Lipinski definition) is 2. The largest absolute Gasteiger partial charge is 0.496 e. The van der Waals surface area contributed by atoms with E-state index in [1.807, 2.05) is 42.6 Å². The molecule has 2 N–H and O–H groups in total. The molecular weight excluding hydrogens is 368 g/mol. The lowest BCUT2D eigenvalue weighted by atomic mass is 9.87. The molecule has 3 aromatic rings. The average molecular weight is 392 g/mol. The summed E-state index contributed by atoms with van der Waals surface area (Å²) in [6.07, 6.45) is 5.35. The molecule has 0 radical (unpaired) electrons. The van der Waals surface area contributed by atoms with Crippen molar-refractivity contribution in [3.8, 4) is 17.0 Å². The first kappa shape index (κ1) is 19.1. The molecule has 1 aliphatic rings. The van der Waals surface area contributed by atoms with Crippen molar-refractivity contribution < 1.29 is 14.3 Å². The van der Waals surface area contributed by atoms with Crippen LogP contribution < -0.4 is 10.1 Å². The number of pyridine rings is 1. The number of amides is 1. The van der Waals surface area contributed by atoms with Crippen LogP contribution >= 0.6 is 0 Å². The van der Waals surface area contributed by atoms with Crippen LogP contribution in [0.15, 0.2) is 54.9 Å². The number of aromatic nitrogens is 3. The predicted octanol–water partition coefficient (Wildman–Crippen LogP) is 3.38. The van der Waals surface area contributed by atoms with Crippen LogP contribution in [0.3, 0.4) is 0 Å². The van der Waals surface area contributed by atoms with Gasteiger partial charge < -0.3 is 14.8 Å². The van der Waals surface area contributed by atoms with Gasteiger partial charge >= 0.3 is 0 Å². The Kier molecular flexibility index (Phi) is 5.86. The van der Waals surface area contributed by atoms with Gasteiger partial charge in [-0.1, -0.05) is 18.2 Å². The van der Waals surface area contributed by atoms with Crippen molar-refractivity contribution in [2.45, 2.75) is 18.9 Å². The van der Waals surface area contributed by atoms with Gasteiger partial charge in [-0.2, -0.15) is 5.10 Å². The summed E-state index contributed by atoms with van der Waals surface area (Å²) >= 11 is 0. The molecule has 0 bridgehead atoms. The van der Waals surface area contributed by atoms with Gasteiger partial charge in [0.25, 0.3) is 5.91 Å². The molecule has 7 nitrogen and oxygen atoms in total. The highest BCUT2D eigenvalue weighted by molar-refractivity contribution is 5.93. The Balaban J connectivity index is 1.56. The minimum Gasteiger partial charge on any atom is -0.496 e. The Labute approximate surface area is 169 Å². The number of nitrogens with zero attached hydrogens (tertiary/aromatic N) is 2. The SMILES string of the molecule is COc1ccccc1-c1cc(C(=O)NC(c2cccnc2)C2CCOCC2)[nH]n1. The number of rotatable bonds is 6. The lowest BCUT2D eigenvalue weighted by molar-refractivity contribution is 0.0513. The Morgan fingerprint density at radius 2 is 2.07 bits per heavy atom. The molecule has 1 saturated heterocycles. The molecular formula is C22H24N4O3. The van der Waals surface area contributed by atoms with Crippen molar-refractivity contribution in [1.29, 1.82) is 0 Å². The number of aromatic amines is 1. The molecule has 1 atom stereocenters. The third kappa shape index (κ3) is 4.30. The lowest BCUT2D eigenvalue weighted by Gasteiger charge is -2.31. The minimum absolute atomic E-state index is 0.127. The summed E-state index contributed by atoms with van der Waals surface area (Å²) in [5, 5.41) is 10.3. The lowest BCUT2D eigenvalue weighted by Crippen LogP contribution is -2.36. The minimum atomic E-state index is -0.195. The maximum Gasteiger partial charge on any atom is 0.269 e. The van der Waals surface area contributed by atoms with E-state index in [4.69, 9.17) is 9.47 Å². The second-order valence-corrected chi connectivity index (χ2v) is 7.05. The zero-order chi connectivity index (χ0) is 20.1. The average Bonchev–Trinajstić information content (AvgIpc) is 3.29. The molecule has 4 rings (SSSR count). The fourth-order valence-corrected chi connectivity index (χ4v) is 3.73. The summed E-state index contributed by atoms with van der Waals surface area (Å²) in [5.41, 5.74) is 2.90. The van der Waals surface area contributed by atoms with Gasteiger partial charge in [0.05, 0.1) is 18.8 Å². The van der Waals surface area contributed by atoms with E-state index >= 15 is 0 Å². The molecule has 1 amide bonds. The highest BCUT2D eigenvalue weighted by atomic mass is 16.5. The van der Waals surface area contributed by atoms with Crippen LogP contribution in [-0.2, 0) is 4.74 Å². The molecule has 0 aliphatic carbocycles. The summed E-state index contributed by atoms with van der Waals surface area (Å²) in [5.74, 6) is 0.814. The van der Waals surface area contributed by atoms with Gasteiger partial charge in [-0.15, -0.1) is 0 Å². The van der Waals surface area contributed by atoms with Crippen molar-refractivity contribution in [2.75, 3.05) is 20.3 Å². The van der Waals surface area contributed by atoms with Crippen molar-refractivity contribution in [3.05, 3.63) is 66.1 Å². The molecule has 1 unspecified atom stereocenters. The maximum atomic E-state index is 13.0. The Hall–Kier alpha value is -3.19. The van der Waals surface area contributed by atoms with Gasteiger partial charge in [-0.25, -0.2) is 0 Å². The van der Waals surface area contributed by atoms with Gasteiger partial charge in [0.2, 0.25) is 0 Å². The maximum absolute atomic E-state index is 13.0. The van der Waals surface area contributed by atoms with Crippen LogP contribution in [0.1, 0.15) is 34.9 Å². The van der Waals surface area contributed by atoms with E-state index in [0.29, 0.717) is 36.3 Å². The van der Waals surface area contributed by atoms with E-state index in [9.17, 15) is 4.79 Å². The number of methoxy groups -OCH3 is 1. The van der Waals surface area contributed by atoms with Crippen LogP contribution in [0.25, 0.3) is 11.3 Å². The van der Waals surface area contributed by atoms with Gasteiger partial charge in [0.1, 0.15) is 11.4 Å². The van der Waals surface area contributed by atoms with Gasteiger partial charge in [0, 0.05) is 31.2 Å². The highest BCUT2D eigenvalue weighted by Crippen LogP contribution is 2.31. The third-order valence-electron chi connectivity index (χ3n) is 5.27. The molecule has 1 aromatic carbocycles. The number of para-hydroxylation sites is 1. The monoisotopic (exact) mass is 392 g/mol. The van der Waals surface area contributed by atoms with Crippen molar-refractivity contribution in [2.24, 2.45) is 5.92 Å². The first-order chi connectivity index (χ1) is 14.3. The molecule has 0 saturated carbocycles. The summed E-state index contributed by atoms with van der Waals surface area (Å²) in [6, 6.07) is 13.1. The summed E-state index contributed by atoms with van der Waals surface area (Å²) in [7, 11) is 1.62. The molecule has 2 aromatic heterocycles. The zero-order valence-corrected chi connectivity index (χ0v) is 16.3. The van der Waals surface area contributed by atoms with Crippen molar-refractivity contribution in [1.82, 2.24) is 20.5 Å². The van der Waals surface area contributed by atoms with Gasteiger partial charge in [0.15, 0.2) is 0 Å². The number of ether oxygens (including phenoxy) is 2. The fourth-order valence-electron chi connectivity index (χ4n) is 3.73. The van der Waals surface area contributed by atoms with E-state index in [2.05, 4.69) is 20.5 Å². The topological polar surface area (TPSA) is 89.1 Å². The summed E-state index contributed by atoms with van der Waals surface area (Å²) in [4.78, 5) is 17.2. The van der Waals surface area contributed by atoms with E-state index in [1.165, 1.54) is 0 Å². The van der Waals surface area contributed by atoms with Gasteiger partial charge in [-0.3, -0.25) is 14.9 Å². The Bertz CT molecular complexity index is 951. The Morgan fingerprint density at radius 3 is 2.83 bits per heavy atom. The summed E-state index contributed by atoms with van der Waals surface area (Å²) in [6.45, 7) is 1.42. The third-order valence-corrected chi connectivity index (χ3v) is 5.27. The highest BCUT2D eigenvalue weighted by Gasteiger charge is 2.28. The number of nitrogens with one attached hydrogen (secondary N) is 2. The van der Waals surface area contributed by atoms with Crippen molar-refractivity contribution >= 4 is 5.91 Å². The molecule has 7 heteroatoms. The van der Waals surface area contributed by atoms with Crippen molar-refractivity contribution in [3.63, 3.8) is 0 Å². The fraction of sp³-hybridized carbons (Fsp3) is 0.318. The molecule has 150 valence electrons. The predicted molar refractivity (Wildman–Crippen MR) is 109 cm³/mol. The van der Waals surface area contributed by atoms with Crippen LogP contribution in [0, 0.1) is 5.92 Å². The molecule has 3 heterocycles. The van der Waals surface area contributed by atoms with E-state index in [-0.39, 0.29) is 11.9 Å². The molecule has 0 spiro atoms. The van der Waals surface area contributed by atoms with E-state index in [1.54, 1.807) is 19.4 Å². The molecule has 1 aliphatic heterocycles. The van der Waals surface area contributed by atoms with E-state index < -0.39 is 0 Å². The van der Waals surface area contributed by atoms with E-state index in [0.717, 1.165) is 24.0 Å². The van der Waals surface area contributed by atoms with Crippen LogP contribution in [0.2, 0.25) is 0 Å².